The molecule has 6 heteroatoms. The number of aryl methyl sites for hydroxylation is 1. The summed E-state index contributed by atoms with van der Waals surface area (Å²) in [6.45, 7) is 6.46. The van der Waals surface area contributed by atoms with E-state index in [1.807, 2.05) is 25.2 Å². The van der Waals surface area contributed by atoms with E-state index in [1.54, 1.807) is 6.07 Å². The average Bonchev–Trinajstić information content (AvgIpc) is 2.70. The Kier molecular flexibility index (Phi) is 8.22. The first kappa shape index (κ1) is 21.3. The molecule has 146 valence electrons. The predicted molar refractivity (Wildman–Crippen MR) is 123 cm³/mol. The van der Waals surface area contributed by atoms with Crippen molar-refractivity contribution in [1.29, 1.82) is 0 Å². The van der Waals surface area contributed by atoms with Crippen LogP contribution < -0.4 is 10.2 Å². The molecule has 2 N–H and O–H groups in total. The lowest BCUT2D eigenvalue weighted by Gasteiger charge is -2.37. The molecule has 0 saturated carbocycles. The number of anilines is 1. The Bertz CT molecular complexity index is 757. The van der Waals surface area contributed by atoms with Crippen LogP contribution in [0.15, 0.2) is 53.5 Å². The van der Waals surface area contributed by atoms with Gasteiger partial charge in [-0.25, -0.2) is 0 Å². The number of para-hydroxylation sites is 2. The SMILES string of the molecule is CCc1ccccc1CNC(=NC)N1CCN(c2ccccc2O)CC1.I. The van der Waals surface area contributed by atoms with Crippen molar-refractivity contribution in [3.05, 3.63) is 59.7 Å². The first-order valence-electron chi connectivity index (χ1n) is 9.28. The lowest BCUT2D eigenvalue weighted by atomic mass is 10.1. The van der Waals surface area contributed by atoms with Crippen LogP contribution in [0.3, 0.4) is 0 Å². The molecule has 27 heavy (non-hydrogen) atoms. The molecule has 1 fully saturated rings. The summed E-state index contributed by atoms with van der Waals surface area (Å²) in [5.74, 6) is 1.28. The Hall–Kier alpha value is -1.96. The largest absolute Gasteiger partial charge is 0.506 e. The first-order chi connectivity index (χ1) is 12.7. The zero-order valence-corrected chi connectivity index (χ0v) is 18.4. The van der Waals surface area contributed by atoms with Gasteiger partial charge in [-0.3, -0.25) is 4.99 Å². The van der Waals surface area contributed by atoms with Crippen molar-refractivity contribution in [2.45, 2.75) is 19.9 Å². The third-order valence-electron chi connectivity index (χ3n) is 4.95. The molecule has 0 radical (unpaired) electrons. The van der Waals surface area contributed by atoms with E-state index in [0.29, 0.717) is 5.75 Å². The molecular formula is C21H29IN4O. The number of piperazine rings is 1. The first-order valence-corrected chi connectivity index (χ1v) is 9.28. The van der Waals surface area contributed by atoms with E-state index in [2.05, 4.69) is 51.3 Å². The number of nitrogens with zero attached hydrogens (tertiary/aromatic N) is 3. The van der Waals surface area contributed by atoms with Gasteiger partial charge in [0.15, 0.2) is 5.96 Å². The normalized spacial score (nSPS) is 14.7. The zero-order chi connectivity index (χ0) is 18.4. The molecule has 2 aromatic rings. The minimum absolute atomic E-state index is 0. The minimum atomic E-state index is 0. The average molecular weight is 480 g/mol. The fourth-order valence-corrected chi connectivity index (χ4v) is 3.47. The monoisotopic (exact) mass is 480 g/mol. The maximum atomic E-state index is 10.1. The van der Waals surface area contributed by atoms with E-state index < -0.39 is 0 Å². The van der Waals surface area contributed by atoms with Crippen LogP contribution in [0, 0.1) is 0 Å². The molecule has 2 aromatic carbocycles. The van der Waals surface area contributed by atoms with Crippen molar-refractivity contribution in [2.75, 3.05) is 38.1 Å². The summed E-state index contributed by atoms with van der Waals surface area (Å²) in [7, 11) is 1.84. The van der Waals surface area contributed by atoms with Crippen LogP contribution in [-0.2, 0) is 13.0 Å². The number of phenolic OH excluding ortho intramolecular Hbond substituents is 1. The number of phenols is 1. The number of hydrogen-bond donors (Lipinski definition) is 2. The van der Waals surface area contributed by atoms with Gasteiger partial charge in [0.25, 0.3) is 0 Å². The van der Waals surface area contributed by atoms with Crippen LogP contribution in [0.4, 0.5) is 5.69 Å². The Balaban J connectivity index is 0.00000261. The summed E-state index contributed by atoms with van der Waals surface area (Å²) in [4.78, 5) is 8.97. The Morgan fingerprint density at radius 3 is 2.26 bits per heavy atom. The topological polar surface area (TPSA) is 51.1 Å². The molecule has 0 unspecified atom stereocenters. The van der Waals surface area contributed by atoms with E-state index >= 15 is 0 Å². The molecular weight excluding hydrogens is 451 g/mol. The maximum absolute atomic E-state index is 10.1. The summed E-state index contributed by atoms with van der Waals surface area (Å²) < 4.78 is 0. The van der Waals surface area contributed by atoms with Gasteiger partial charge in [-0.2, -0.15) is 0 Å². The van der Waals surface area contributed by atoms with Crippen LogP contribution in [0.5, 0.6) is 5.75 Å². The number of hydrogen-bond acceptors (Lipinski definition) is 3. The Morgan fingerprint density at radius 1 is 1.00 bits per heavy atom. The number of aliphatic imine (C=N–C) groups is 1. The van der Waals surface area contributed by atoms with Crippen LogP contribution >= 0.6 is 24.0 Å². The second-order valence-electron chi connectivity index (χ2n) is 6.49. The highest BCUT2D eigenvalue weighted by Gasteiger charge is 2.21. The highest BCUT2D eigenvalue weighted by atomic mass is 127. The van der Waals surface area contributed by atoms with Crippen molar-refractivity contribution in [1.82, 2.24) is 10.2 Å². The van der Waals surface area contributed by atoms with Gasteiger partial charge in [0.2, 0.25) is 0 Å². The number of benzene rings is 2. The van der Waals surface area contributed by atoms with Crippen LogP contribution in [0.1, 0.15) is 18.1 Å². The quantitative estimate of drug-likeness (QED) is 0.400. The molecule has 0 aliphatic carbocycles. The molecule has 0 spiro atoms. The summed E-state index contributed by atoms with van der Waals surface area (Å²) in [6.07, 6.45) is 1.04. The van der Waals surface area contributed by atoms with E-state index in [1.165, 1.54) is 11.1 Å². The smallest absolute Gasteiger partial charge is 0.194 e. The molecule has 0 atom stereocenters. The number of guanidine groups is 1. The van der Waals surface area contributed by atoms with E-state index in [0.717, 1.165) is 50.8 Å². The molecule has 1 aliphatic heterocycles. The van der Waals surface area contributed by atoms with Gasteiger partial charge in [-0.05, 0) is 29.7 Å². The van der Waals surface area contributed by atoms with E-state index in [-0.39, 0.29) is 24.0 Å². The summed E-state index contributed by atoms with van der Waals surface area (Å²) in [6, 6.07) is 16.1. The van der Waals surface area contributed by atoms with Gasteiger partial charge in [0.05, 0.1) is 5.69 Å². The zero-order valence-electron chi connectivity index (χ0n) is 16.1. The van der Waals surface area contributed by atoms with Crippen LogP contribution in [0.25, 0.3) is 0 Å². The van der Waals surface area contributed by atoms with Crippen molar-refractivity contribution in [3.63, 3.8) is 0 Å². The fraction of sp³-hybridized carbons (Fsp3) is 0.381. The number of nitrogens with one attached hydrogen (secondary N) is 1. The third-order valence-corrected chi connectivity index (χ3v) is 4.95. The number of rotatable bonds is 4. The van der Waals surface area contributed by atoms with Crippen LogP contribution in [-0.4, -0.2) is 49.2 Å². The van der Waals surface area contributed by atoms with Gasteiger partial charge in [-0.15, -0.1) is 24.0 Å². The molecule has 1 heterocycles. The second kappa shape index (κ2) is 10.4. The fourth-order valence-electron chi connectivity index (χ4n) is 3.47. The van der Waals surface area contributed by atoms with Crippen molar-refractivity contribution < 1.29 is 5.11 Å². The van der Waals surface area contributed by atoms with E-state index in [4.69, 9.17) is 0 Å². The molecule has 5 nitrogen and oxygen atoms in total. The molecule has 0 amide bonds. The lowest BCUT2D eigenvalue weighted by Crippen LogP contribution is -2.52. The molecule has 0 bridgehead atoms. The minimum Gasteiger partial charge on any atom is -0.506 e. The standard InChI is InChI=1S/C21H28N4O.HI/c1-3-17-8-4-5-9-18(17)16-23-21(22-2)25-14-12-24(13-15-25)19-10-6-7-11-20(19)26;/h4-11,26H,3,12-16H2,1-2H3,(H,22,23);1H. The van der Waals surface area contributed by atoms with E-state index in [9.17, 15) is 5.11 Å². The van der Waals surface area contributed by atoms with Crippen molar-refractivity contribution in [3.8, 4) is 5.75 Å². The molecule has 1 aliphatic rings. The van der Waals surface area contributed by atoms with Crippen molar-refractivity contribution >= 4 is 35.6 Å². The van der Waals surface area contributed by atoms with Gasteiger partial charge < -0.3 is 20.2 Å². The Morgan fingerprint density at radius 2 is 1.63 bits per heavy atom. The number of aromatic hydroxyl groups is 1. The predicted octanol–water partition coefficient (Wildman–Crippen LogP) is 3.47. The second-order valence-corrected chi connectivity index (χ2v) is 6.49. The van der Waals surface area contributed by atoms with Gasteiger partial charge in [0.1, 0.15) is 5.75 Å². The maximum Gasteiger partial charge on any atom is 0.194 e. The van der Waals surface area contributed by atoms with Gasteiger partial charge >= 0.3 is 0 Å². The van der Waals surface area contributed by atoms with Gasteiger partial charge in [-0.1, -0.05) is 43.3 Å². The van der Waals surface area contributed by atoms with Crippen molar-refractivity contribution in [2.24, 2.45) is 4.99 Å². The summed E-state index contributed by atoms with van der Waals surface area (Å²) in [5.41, 5.74) is 3.61. The van der Waals surface area contributed by atoms with Gasteiger partial charge in [0, 0.05) is 39.8 Å². The highest BCUT2D eigenvalue weighted by molar-refractivity contribution is 14.0. The molecule has 0 aromatic heterocycles. The summed E-state index contributed by atoms with van der Waals surface area (Å²) in [5, 5.41) is 13.6. The molecule has 1 saturated heterocycles. The number of halogens is 1. The highest BCUT2D eigenvalue weighted by Crippen LogP contribution is 2.27. The lowest BCUT2D eigenvalue weighted by molar-refractivity contribution is 0.369. The third kappa shape index (κ3) is 5.28. The van der Waals surface area contributed by atoms with Crippen LogP contribution in [0.2, 0.25) is 0 Å². The Labute approximate surface area is 179 Å². The summed E-state index contributed by atoms with van der Waals surface area (Å²) >= 11 is 0. The molecule has 3 rings (SSSR count).